The second-order valence-corrected chi connectivity index (χ2v) is 11.6. The van der Waals surface area contributed by atoms with E-state index in [4.69, 9.17) is 27.9 Å². The first kappa shape index (κ1) is 30.6. The molecule has 6 rings (SSSR count). The fourth-order valence-electron chi connectivity index (χ4n) is 5.85. The minimum Gasteiger partial charge on any atom is -0.497 e. The van der Waals surface area contributed by atoms with E-state index in [1.54, 1.807) is 37.4 Å². The standard InChI is InChI=1S/C34H26Cl2F3N3O3/c1-45-24-13-8-19(9-14-24)21-16-28-31(30(43)17-21)32(20-6-10-22(11-7-20)34(37,38)39)42(29-5-3-2-4-27(29)41-28)33(44)40-23-12-15-25(35)26(36)18-23/h2-15,18,21,32,41H,16-17H2,1H3,(H,40,44)/t21-,32+/m1/s1. The SMILES string of the molecule is COc1ccc([C@H]2CC(=O)C3=C(C2)Nc2ccccc2N(C(=O)Nc2ccc(Cl)c(Cl)c2)[C@H]3c2ccc(C(F)(F)F)cc2)cc1. The highest BCUT2D eigenvalue weighted by Crippen LogP contribution is 2.48. The molecule has 2 atom stereocenters. The van der Waals surface area contributed by atoms with Crippen LogP contribution in [0.25, 0.3) is 0 Å². The van der Waals surface area contributed by atoms with Gasteiger partial charge < -0.3 is 15.4 Å². The number of rotatable bonds is 4. The number of hydrogen-bond acceptors (Lipinski definition) is 4. The molecule has 1 aliphatic heterocycles. The number of nitrogens with zero attached hydrogens (tertiary/aromatic N) is 1. The number of carbonyl (C=O) groups is 2. The van der Waals surface area contributed by atoms with Crippen LogP contribution in [-0.2, 0) is 11.0 Å². The average Bonchev–Trinajstić information content (AvgIpc) is 3.17. The molecule has 2 N–H and O–H groups in total. The molecule has 0 saturated heterocycles. The summed E-state index contributed by atoms with van der Waals surface area (Å²) in [5, 5.41) is 6.77. The average molecular weight is 653 g/mol. The largest absolute Gasteiger partial charge is 0.497 e. The first-order valence-electron chi connectivity index (χ1n) is 14.0. The molecule has 4 aromatic carbocycles. The van der Waals surface area contributed by atoms with E-state index < -0.39 is 23.8 Å². The molecular formula is C34H26Cl2F3N3O3. The Labute approximate surface area is 267 Å². The van der Waals surface area contributed by atoms with Crippen molar-refractivity contribution >= 4 is 52.1 Å². The number of allylic oxidation sites excluding steroid dienone is 1. The zero-order chi connectivity index (χ0) is 31.9. The molecule has 230 valence electrons. The van der Waals surface area contributed by atoms with Gasteiger partial charge in [0.2, 0.25) is 0 Å². The van der Waals surface area contributed by atoms with Crippen molar-refractivity contribution in [1.82, 2.24) is 0 Å². The smallest absolute Gasteiger partial charge is 0.416 e. The highest BCUT2D eigenvalue weighted by Gasteiger charge is 2.42. The van der Waals surface area contributed by atoms with Gasteiger partial charge >= 0.3 is 12.2 Å². The molecule has 0 radical (unpaired) electrons. The number of amides is 2. The lowest BCUT2D eigenvalue weighted by molar-refractivity contribution is -0.137. The Balaban J connectivity index is 1.50. The summed E-state index contributed by atoms with van der Waals surface area (Å²) in [6.07, 6.45) is -3.98. The Bertz CT molecular complexity index is 1810. The molecule has 0 unspecified atom stereocenters. The van der Waals surface area contributed by atoms with Crippen LogP contribution in [0.1, 0.15) is 41.5 Å². The monoisotopic (exact) mass is 651 g/mol. The molecule has 0 spiro atoms. The van der Waals surface area contributed by atoms with Crippen molar-refractivity contribution in [3.8, 4) is 5.75 Å². The zero-order valence-electron chi connectivity index (χ0n) is 23.8. The van der Waals surface area contributed by atoms with Crippen LogP contribution in [-0.4, -0.2) is 18.9 Å². The van der Waals surface area contributed by atoms with Gasteiger partial charge in [0.25, 0.3) is 0 Å². The van der Waals surface area contributed by atoms with Gasteiger partial charge in [0, 0.05) is 23.4 Å². The van der Waals surface area contributed by atoms with E-state index in [-0.39, 0.29) is 23.1 Å². The molecule has 4 aromatic rings. The molecule has 1 heterocycles. The van der Waals surface area contributed by atoms with Crippen molar-refractivity contribution in [1.29, 1.82) is 0 Å². The predicted molar refractivity (Wildman–Crippen MR) is 169 cm³/mol. The summed E-state index contributed by atoms with van der Waals surface area (Å²) in [4.78, 5) is 29.8. The van der Waals surface area contributed by atoms with Crippen molar-refractivity contribution < 1.29 is 27.5 Å². The molecule has 2 aliphatic rings. The number of para-hydroxylation sites is 2. The topological polar surface area (TPSA) is 70.7 Å². The lowest BCUT2D eigenvalue weighted by atomic mass is 9.78. The minimum atomic E-state index is -4.56. The van der Waals surface area contributed by atoms with Gasteiger partial charge in [-0.3, -0.25) is 9.69 Å². The van der Waals surface area contributed by atoms with Crippen molar-refractivity contribution in [2.24, 2.45) is 0 Å². The third-order valence-electron chi connectivity index (χ3n) is 8.02. The van der Waals surface area contributed by atoms with Gasteiger partial charge in [0.15, 0.2) is 5.78 Å². The Morgan fingerprint density at radius 2 is 1.60 bits per heavy atom. The van der Waals surface area contributed by atoms with E-state index >= 15 is 0 Å². The number of urea groups is 1. The Hall–Kier alpha value is -4.47. The van der Waals surface area contributed by atoms with Gasteiger partial charge in [0.05, 0.1) is 40.1 Å². The molecule has 1 aliphatic carbocycles. The number of fused-ring (bicyclic) bond motifs is 1. The minimum absolute atomic E-state index is 0.141. The van der Waals surface area contributed by atoms with Crippen LogP contribution < -0.4 is 20.3 Å². The van der Waals surface area contributed by atoms with Crippen LogP contribution in [0.3, 0.4) is 0 Å². The van der Waals surface area contributed by atoms with E-state index in [0.717, 1.165) is 17.7 Å². The van der Waals surface area contributed by atoms with Gasteiger partial charge in [-0.1, -0.05) is 59.6 Å². The van der Waals surface area contributed by atoms with Crippen molar-refractivity contribution in [3.63, 3.8) is 0 Å². The number of ketones is 1. The highest BCUT2D eigenvalue weighted by molar-refractivity contribution is 6.42. The summed E-state index contributed by atoms with van der Waals surface area (Å²) in [5.41, 5.74) is 2.68. The predicted octanol–water partition coefficient (Wildman–Crippen LogP) is 9.63. The molecule has 0 saturated carbocycles. The van der Waals surface area contributed by atoms with E-state index in [1.807, 2.05) is 24.3 Å². The highest BCUT2D eigenvalue weighted by atomic mass is 35.5. The molecule has 0 aromatic heterocycles. The van der Waals surface area contributed by atoms with Crippen LogP contribution >= 0.6 is 23.2 Å². The Morgan fingerprint density at radius 1 is 0.911 bits per heavy atom. The zero-order valence-corrected chi connectivity index (χ0v) is 25.3. The molecule has 6 nitrogen and oxygen atoms in total. The lowest BCUT2D eigenvalue weighted by Crippen LogP contribution is -2.41. The summed E-state index contributed by atoms with van der Waals surface area (Å²) in [6.45, 7) is 0. The summed E-state index contributed by atoms with van der Waals surface area (Å²) in [6, 6.07) is 22.0. The number of ether oxygens (including phenoxy) is 1. The normalized spacial score (nSPS) is 18.0. The van der Waals surface area contributed by atoms with E-state index in [2.05, 4.69) is 10.6 Å². The van der Waals surface area contributed by atoms with Crippen LogP contribution in [0, 0.1) is 0 Å². The fourth-order valence-corrected chi connectivity index (χ4v) is 6.15. The van der Waals surface area contributed by atoms with E-state index in [1.165, 1.54) is 29.2 Å². The molecular weight excluding hydrogens is 626 g/mol. The van der Waals surface area contributed by atoms with Crippen LogP contribution in [0.2, 0.25) is 10.0 Å². The maximum absolute atomic E-state index is 14.2. The Morgan fingerprint density at radius 3 is 2.27 bits per heavy atom. The van der Waals surface area contributed by atoms with Crippen LogP contribution in [0.15, 0.2) is 102 Å². The number of methoxy groups -OCH3 is 1. The van der Waals surface area contributed by atoms with Gasteiger partial charge in [-0.25, -0.2) is 4.79 Å². The van der Waals surface area contributed by atoms with Crippen molar-refractivity contribution in [2.75, 3.05) is 22.6 Å². The summed E-state index contributed by atoms with van der Waals surface area (Å²) in [7, 11) is 1.58. The molecule has 11 heteroatoms. The fraction of sp³-hybridized carbons (Fsp3) is 0.176. The van der Waals surface area contributed by atoms with Gasteiger partial charge in [-0.15, -0.1) is 0 Å². The first-order chi connectivity index (χ1) is 21.5. The third-order valence-corrected chi connectivity index (χ3v) is 8.76. The maximum atomic E-state index is 14.2. The van der Waals surface area contributed by atoms with E-state index in [0.29, 0.717) is 51.1 Å². The van der Waals surface area contributed by atoms with Crippen molar-refractivity contribution in [2.45, 2.75) is 31.0 Å². The number of halogens is 5. The van der Waals surface area contributed by atoms with Gasteiger partial charge in [0.1, 0.15) is 5.75 Å². The summed E-state index contributed by atoms with van der Waals surface area (Å²) >= 11 is 12.3. The number of nitrogens with one attached hydrogen (secondary N) is 2. The summed E-state index contributed by atoms with van der Waals surface area (Å²) < 4.78 is 45.9. The van der Waals surface area contributed by atoms with Gasteiger partial charge in [-0.05, 0) is 78.1 Å². The number of anilines is 3. The van der Waals surface area contributed by atoms with Crippen molar-refractivity contribution in [3.05, 3.63) is 129 Å². The number of hydrogen-bond donors (Lipinski definition) is 2. The molecule has 0 bridgehead atoms. The summed E-state index contributed by atoms with van der Waals surface area (Å²) in [5.74, 6) is 0.287. The second-order valence-electron chi connectivity index (χ2n) is 10.8. The van der Waals surface area contributed by atoms with Crippen LogP contribution in [0.4, 0.5) is 35.0 Å². The quantitative estimate of drug-likeness (QED) is 0.230. The second kappa shape index (κ2) is 12.1. The van der Waals surface area contributed by atoms with E-state index in [9.17, 15) is 22.8 Å². The molecule has 0 fully saturated rings. The first-order valence-corrected chi connectivity index (χ1v) is 14.8. The number of Topliss-reactive ketones (excluding diaryl/α,β-unsaturated/α-hetero) is 1. The number of carbonyl (C=O) groups excluding carboxylic acids is 2. The number of alkyl halides is 3. The lowest BCUT2D eigenvalue weighted by Gasteiger charge is -2.35. The Kier molecular flexibility index (Phi) is 8.24. The maximum Gasteiger partial charge on any atom is 0.416 e. The third kappa shape index (κ3) is 6.10. The number of benzene rings is 4. The molecule has 45 heavy (non-hydrogen) atoms. The van der Waals surface area contributed by atoms with Gasteiger partial charge in [-0.2, -0.15) is 13.2 Å². The molecule has 2 amide bonds. The van der Waals surface area contributed by atoms with Crippen LogP contribution in [0.5, 0.6) is 5.75 Å².